The Morgan fingerprint density at radius 3 is 2.44 bits per heavy atom. The van der Waals surface area contributed by atoms with Gasteiger partial charge in [0.1, 0.15) is 5.82 Å². The molecule has 0 radical (unpaired) electrons. The van der Waals surface area contributed by atoms with Gasteiger partial charge in [0.25, 0.3) is 5.91 Å². The molecular formula is C17H10F4N2OS. The second-order valence-corrected chi connectivity index (χ2v) is 6.07. The summed E-state index contributed by atoms with van der Waals surface area (Å²) in [4.78, 5) is 16.9. The van der Waals surface area contributed by atoms with Gasteiger partial charge in [0.15, 0.2) is 5.13 Å². The van der Waals surface area contributed by atoms with Crippen molar-refractivity contribution >= 4 is 22.4 Å². The van der Waals surface area contributed by atoms with Gasteiger partial charge >= 0.3 is 6.18 Å². The molecule has 1 N–H and O–H groups in total. The van der Waals surface area contributed by atoms with Crippen molar-refractivity contribution in [3.63, 3.8) is 0 Å². The summed E-state index contributed by atoms with van der Waals surface area (Å²) in [6.07, 6.45) is -3.12. The number of thiazole rings is 1. The van der Waals surface area contributed by atoms with Gasteiger partial charge in [-0.3, -0.25) is 10.1 Å². The molecule has 1 amide bonds. The van der Waals surface area contributed by atoms with E-state index in [0.29, 0.717) is 12.1 Å². The fourth-order valence-corrected chi connectivity index (χ4v) is 2.92. The van der Waals surface area contributed by atoms with Crippen LogP contribution in [0.1, 0.15) is 15.9 Å². The number of carbonyl (C=O) groups is 1. The Morgan fingerprint density at radius 2 is 1.80 bits per heavy atom. The van der Waals surface area contributed by atoms with Gasteiger partial charge in [0, 0.05) is 6.20 Å². The summed E-state index contributed by atoms with van der Waals surface area (Å²) in [7, 11) is 0. The number of carbonyl (C=O) groups excluding carboxylic acids is 1. The van der Waals surface area contributed by atoms with Crippen LogP contribution in [0, 0.1) is 5.82 Å². The number of halogens is 4. The van der Waals surface area contributed by atoms with Crippen LogP contribution in [0.15, 0.2) is 54.7 Å². The molecule has 25 heavy (non-hydrogen) atoms. The average Bonchev–Trinajstić information content (AvgIpc) is 3.03. The van der Waals surface area contributed by atoms with Crippen molar-refractivity contribution in [2.75, 3.05) is 5.32 Å². The Labute approximate surface area is 144 Å². The van der Waals surface area contributed by atoms with Crippen LogP contribution >= 0.6 is 11.3 Å². The summed E-state index contributed by atoms with van der Waals surface area (Å²) in [6.45, 7) is 0. The predicted molar refractivity (Wildman–Crippen MR) is 86.9 cm³/mol. The molecule has 0 saturated carbocycles. The van der Waals surface area contributed by atoms with Crippen LogP contribution in [0.3, 0.4) is 0 Å². The highest BCUT2D eigenvalue weighted by Gasteiger charge is 2.31. The minimum absolute atomic E-state index is 0.225. The highest BCUT2D eigenvalue weighted by Crippen LogP contribution is 2.31. The normalized spacial score (nSPS) is 11.4. The molecular weight excluding hydrogens is 356 g/mol. The van der Waals surface area contributed by atoms with Crippen molar-refractivity contribution < 1.29 is 22.4 Å². The third-order valence-corrected chi connectivity index (χ3v) is 4.29. The zero-order valence-electron chi connectivity index (χ0n) is 12.5. The van der Waals surface area contributed by atoms with Crippen molar-refractivity contribution in [3.8, 4) is 10.4 Å². The van der Waals surface area contributed by atoms with Crippen LogP contribution < -0.4 is 5.32 Å². The Bertz CT molecular complexity index is 907. The second-order valence-electron chi connectivity index (χ2n) is 5.04. The number of aromatic nitrogens is 1. The maximum atomic E-state index is 13.8. The van der Waals surface area contributed by atoms with E-state index < -0.39 is 29.0 Å². The largest absolute Gasteiger partial charge is 0.416 e. The molecule has 3 nitrogen and oxygen atoms in total. The summed E-state index contributed by atoms with van der Waals surface area (Å²) in [5.41, 5.74) is -0.729. The van der Waals surface area contributed by atoms with E-state index in [-0.39, 0.29) is 5.13 Å². The van der Waals surface area contributed by atoms with Gasteiger partial charge in [-0.15, -0.1) is 0 Å². The standard InChI is InChI=1S/C17H10F4N2OS/c18-13-8-11(17(19,20)21)6-7-12(13)15(24)23-16-22-9-14(25-16)10-4-2-1-3-5-10/h1-9H,(H,22,23,24). The maximum Gasteiger partial charge on any atom is 0.416 e. The fraction of sp³-hybridized carbons (Fsp3) is 0.0588. The van der Waals surface area contributed by atoms with E-state index in [1.54, 1.807) is 6.20 Å². The SMILES string of the molecule is O=C(Nc1ncc(-c2ccccc2)s1)c1ccc(C(F)(F)F)cc1F. The number of hydrogen-bond donors (Lipinski definition) is 1. The van der Waals surface area contributed by atoms with Gasteiger partial charge in [-0.1, -0.05) is 41.7 Å². The summed E-state index contributed by atoms with van der Waals surface area (Å²) in [5.74, 6) is -2.10. The minimum Gasteiger partial charge on any atom is -0.298 e. The fourth-order valence-electron chi connectivity index (χ4n) is 2.11. The molecule has 0 spiro atoms. The molecule has 3 rings (SSSR count). The van der Waals surface area contributed by atoms with Crippen LogP contribution in [0.5, 0.6) is 0 Å². The first-order valence-corrected chi connectivity index (χ1v) is 7.85. The van der Waals surface area contributed by atoms with E-state index in [1.807, 2.05) is 30.3 Å². The molecule has 0 fully saturated rings. The molecule has 0 aliphatic heterocycles. The number of benzene rings is 2. The van der Waals surface area contributed by atoms with Crippen molar-refractivity contribution in [1.29, 1.82) is 0 Å². The van der Waals surface area contributed by atoms with E-state index in [9.17, 15) is 22.4 Å². The van der Waals surface area contributed by atoms with E-state index >= 15 is 0 Å². The molecule has 0 aliphatic rings. The average molecular weight is 366 g/mol. The van der Waals surface area contributed by atoms with Gasteiger partial charge < -0.3 is 0 Å². The lowest BCUT2D eigenvalue weighted by molar-refractivity contribution is -0.137. The molecule has 0 atom stereocenters. The van der Waals surface area contributed by atoms with Crippen LogP contribution in [-0.4, -0.2) is 10.9 Å². The van der Waals surface area contributed by atoms with E-state index in [4.69, 9.17) is 0 Å². The summed E-state index contributed by atoms with van der Waals surface area (Å²) >= 11 is 1.18. The molecule has 1 heterocycles. The summed E-state index contributed by atoms with van der Waals surface area (Å²) < 4.78 is 51.4. The molecule has 128 valence electrons. The van der Waals surface area contributed by atoms with Crippen LogP contribution in [-0.2, 0) is 6.18 Å². The highest BCUT2D eigenvalue weighted by molar-refractivity contribution is 7.19. The zero-order chi connectivity index (χ0) is 18.0. The van der Waals surface area contributed by atoms with Crippen molar-refractivity contribution in [1.82, 2.24) is 4.98 Å². The third kappa shape index (κ3) is 3.85. The van der Waals surface area contributed by atoms with E-state index in [1.165, 1.54) is 11.3 Å². The highest BCUT2D eigenvalue weighted by atomic mass is 32.1. The van der Waals surface area contributed by atoms with Crippen molar-refractivity contribution in [2.24, 2.45) is 0 Å². The number of anilines is 1. The monoisotopic (exact) mass is 366 g/mol. The summed E-state index contributed by atoms with van der Waals surface area (Å²) in [6, 6.07) is 11.1. The predicted octanol–water partition coefficient (Wildman–Crippen LogP) is 5.22. The Hall–Kier alpha value is -2.74. The van der Waals surface area contributed by atoms with Gasteiger partial charge in [0.2, 0.25) is 0 Å². The van der Waals surface area contributed by atoms with Crippen LogP contribution in [0.2, 0.25) is 0 Å². The van der Waals surface area contributed by atoms with E-state index in [2.05, 4.69) is 10.3 Å². The number of hydrogen-bond acceptors (Lipinski definition) is 3. The lowest BCUT2D eigenvalue weighted by Gasteiger charge is -2.08. The number of amides is 1. The third-order valence-electron chi connectivity index (χ3n) is 3.33. The number of nitrogens with one attached hydrogen (secondary N) is 1. The maximum absolute atomic E-state index is 13.8. The minimum atomic E-state index is -4.67. The summed E-state index contributed by atoms with van der Waals surface area (Å²) in [5, 5.41) is 2.62. The molecule has 3 aromatic rings. The quantitative estimate of drug-likeness (QED) is 0.646. The Balaban J connectivity index is 1.78. The number of rotatable bonds is 3. The first-order valence-electron chi connectivity index (χ1n) is 7.04. The van der Waals surface area contributed by atoms with Crippen molar-refractivity contribution in [3.05, 3.63) is 71.7 Å². The number of alkyl halides is 3. The molecule has 8 heteroatoms. The Kier molecular flexibility index (Phi) is 4.54. The first kappa shape index (κ1) is 17.1. The Morgan fingerprint density at radius 1 is 1.08 bits per heavy atom. The van der Waals surface area contributed by atoms with Gasteiger partial charge in [0.05, 0.1) is 16.0 Å². The first-order chi connectivity index (χ1) is 11.8. The topological polar surface area (TPSA) is 42.0 Å². The number of nitrogens with zero attached hydrogens (tertiary/aromatic N) is 1. The van der Waals surface area contributed by atoms with Gasteiger partial charge in [-0.05, 0) is 23.8 Å². The molecule has 0 unspecified atom stereocenters. The molecule has 0 bridgehead atoms. The molecule has 2 aromatic carbocycles. The second kappa shape index (κ2) is 6.64. The van der Waals surface area contributed by atoms with Gasteiger partial charge in [-0.2, -0.15) is 13.2 Å². The molecule has 0 aliphatic carbocycles. The van der Waals surface area contributed by atoms with Crippen LogP contribution in [0.4, 0.5) is 22.7 Å². The lowest BCUT2D eigenvalue weighted by atomic mass is 10.1. The zero-order valence-corrected chi connectivity index (χ0v) is 13.3. The van der Waals surface area contributed by atoms with E-state index in [0.717, 1.165) is 16.5 Å². The van der Waals surface area contributed by atoms with Gasteiger partial charge in [-0.25, -0.2) is 9.37 Å². The smallest absolute Gasteiger partial charge is 0.298 e. The molecule has 1 aromatic heterocycles. The lowest BCUT2D eigenvalue weighted by Crippen LogP contribution is -2.15. The van der Waals surface area contributed by atoms with Crippen molar-refractivity contribution in [2.45, 2.75) is 6.18 Å². The molecule has 0 saturated heterocycles. The van der Waals surface area contributed by atoms with Crippen LogP contribution in [0.25, 0.3) is 10.4 Å².